The van der Waals surface area contributed by atoms with Gasteiger partial charge in [-0.05, 0) is 74.6 Å². The standard InChI is InChI=1S/C27H28N6.C7H8/c1-29-26(18-8-4-3-5-9-18)32-27(30-2)19-10-6-11-21(16-19)33-23-14-13-20(28)17-22(23)25-24(33)12-7-15-31-25;1-7-5-3-2-4-6-7/h3-17,26-27,29-30,32H,28H2,1-2H3;2-6H,1H3. The maximum atomic E-state index is 6.09. The summed E-state index contributed by atoms with van der Waals surface area (Å²) in [6, 6.07) is 39.3. The molecule has 0 fully saturated rings. The third kappa shape index (κ3) is 5.90. The Morgan fingerprint density at radius 1 is 0.675 bits per heavy atom. The average molecular weight is 529 g/mol. The first kappa shape index (κ1) is 27.1. The van der Waals surface area contributed by atoms with E-state index in [1.165, 1.54) is 11.1 Å². The molecule has 0 spiro atoms. The second-order valence-electron chi connectivity index (χ2n) is 9.75. The highest BCUT2D eigenvalue weighted by Gasteiger charge is 2.18. The fraction of sp³-hybridized carbons (Fsp3) is 0.147. The van der Waals surface area contributed by atoms with Gasteiger partial charge in [0.2, 0.25) is 0 Å². The number of hydrogen-bond acceptors (Lipinski definition) is 5. The van der Waals surface area contributed by atoms with E-state index in [0.29, 0.717) is 0 Å². The van der Waals surface area contributed by atoms with Gasteiger partial charge in [0.25, 0.3) is 0 Å². The van der Waals surface area contributed by atoms with Crippen LogP contribution in [0.15, 0.2) is 121 Å². The number of nitrogens with one attached hydrogen (secondary N) is 3. The Morgan fingerprint density at radius 3 is 2.02 bits per heavy atom. The minimum absolute atomic E-state index is 0.00715. The van der Waals surface area contributed by atoms with Crippen LogP contribution in [0.4, 0.5) is 5.69 Å². The summed E-state index contributed by atoms with van der Waals surface area (Å²) in [6.07, 6.45) is 1.78. The summed E-state index contributed by atoms with van der Waals surface area (Å²) in [5.74, 6) is 0. The van der Waals surface area contributed by atoms with Gasteiger partial charge in [0.1, 0.15) is 0 Å². The average Bonchev–Trinajstić information content (AvgIpc) is 3.32. The molecule has 6 aromatic rings. The van der Waals surface area contributed by atoms with Gasteiger partial charge in [-0.15, -0.1) is 0 Å². The second-order valence-corrected chi connectivity index (χ2v) is 9.75. The molecule has 0 saturated carbocycles. The molecule has 6 nitrogen and oxygen atoms in total. The third-order valence-corrected chi connectivity index (χ3v) is 6.99. The number of benzene rings is 4. The molecule has 5 N–H and O–H groups in total. The summed E-state index contributed by atoms with van der Waals surface area (Å²) in [7, 11) is 3.93. The van der Waals surface area contributed by atoms with Gasteiger partial charge in [-0.1, -0.05) is 78.4 Å². The Kier molecular flexibility index (Phi) is 8.52. The Bertz CT molecular complexity index is 1680. The molecule has 2 unspecified atom stereocenters. The van der Waals surface area contributed by atoms with Crippen molar-refractivity contribution in [3.05, 3.63) is 138 Å². The lowest BCUT2D eigenvalue weighted by atomic mass is 10.1. The Hall–Kier alpha value is -4.49. The topological polar surface area (TPSA) is 79.9 Å². The lowest BCUT2D eigenvalue weighted by Gasteiger charge is -2.26. The summed E-state index contributed by atoms with van der Waals surface area (Å²) < 4.78 is 2.25. The van der Waals surface area contributed by atoms with Crippen LogP contribution < -0.4 is 21.7 Å². The van der Waals surface area contributed by atoms with E-state index in [2.05, 4.69) is 105 Å². The lowest BCUT2D eigenvalue weighted by molar-refractivity contribution is 0.372. The molecule has 2 atom stereocenters. The first-order valence-corrected chi connectivity index (χ1v) is 13.5. The van der Waals surface area contributed by atoms with Crippen molar-refractivity contribution in [2.75, 3.05) is 19.8 Å². The number of nitrogens with two attached hydrogens (primary N) is 1. The molecule has 0 radical (unpaired) electrons. The third-order valence-electron chi connectivity index (χ3n) is 6.99. The van der Waals surface area contributed by atoms with Crippen LogP contribution in [0.1, 0.15) is 29.0 Å². The molecule has 0 aliphatic heterocycles. The molecule has 4 aromatic carbocycles. The van der Waals surface area contributed by atoms with Crippen molar-refractivity contribution in [1.82, 2.24) is 25.5 Å². The van der Waals surface area contributed by atoms with E-state index < -0.39 is 0 Å². The number of anilines is 1. The Labute approximate surface area is 235 Å². The summed E-state index contributed by atoms with van der Waals surface area (Å²) in [5, 5.41) is 11.5. The monoisotopic (exact) mass is 528 g/mol. The summed E-state index contributed by atoms with van der Waals surface area (Å²) in [4.78, 5) is 4.65. The SMILES string of the molecule is CNC(NC(NC)c1cccc(-n2c3ccc(N)cc3c3ncccc32)c1)c1ccccc1.Cc1ccccc1. The summed E-state index contributed by atoms with van der Waals surface area (Å²) in [5.41, 5.74) is 14.6. The van der Waals surface area contributed by atoms with E-state index in [1.807, 2.05) is 62.8 Å². The molecule has 0 amide bonds. The van der Waals surface area contributed by atoms with Crippen LogP contribution in [0.3, 0.4) is 0 Å². The molecule has 2 aromatic heterocycles. The van der Waals surface area contributed by atoms with Crippen molar-refractivity contribution in [1.29, 1.82) is 0 Å². The van der Waals surface area contributed by atoms with Crippen LogP contribution in [-0.2, 0) is 0 Å². The summed E-state index contributed by atoms with van der Waals surface area (Å²) >= 11 is 0. The van der Waals surface area contributed by atoms with Crippen LogP contribution in [0.25, 0.3) is 27.6 Å². The zero-order valence-corrected chi connectivity index (χ0v) is 23.2. The number of rotatable bonds is 7. The van der Waals surface area contributed by atoms with Crippen molar-refractivity contribution < 1.29 is 0 Å². The van der Waals surface area contributed by atoms with Crippen LogP contribution in [-0.4, -0.2) is 23.6 Å². The van der Waals surface area contributed by atoms with E-state index in [1.54, 1.807) is 0 Å². The molecule has 0 bridgehead atoms. The van der Waals surface area contributed by atoms with Gasteiger partial charge >= 0.3 is 0 Å². The van der Waals surface area contributed by atoms with E-state index in [9.17, 15) is 0 Å². The van der Waals surface area contributed by atoms with Crippen molar-refractivity contribution >= 4 is 27.6 Å². The second kappa shape index (κ2) is 12.6. The molecular weight excluding hydrogens is 492 g/mol. The van der Waals surface area contributed by atoms with Crippen LogP contribution in [0.5, 0.6) is 0 Å². The fourth-order valence-electron chi connectivity index (χ4n) is 5.01. The summed E-state index contributed by atoms with van der Waals surface area (Å²) in [6.45, 7) is 2.08. The maximum absolute atomic E-state index is 6.09. The number of nitrogens with zero attached hydrogens (tertiary/aromatic N) is 2. The molecule has 2 heterocycles. The fourth-order valence-corrected chi connectivity index (χ4v) is 5.01. The van der Waals surface area contributed by atoms with Gasteiger partial charge in [-0.2, -0.15) is 0 Å². The number of nitrogen functional groups attached to an aromatic ring is 1. The Balaban J connectivity index is 0.000000403. The highest BCUT2D eigenvalue weighted by atomic mass is 15.2. The van der Waals surface area contributed by atoms with Gasteiger partial charge in [-0.25, -0.2) is 0 Å². The number of aromatic nitrogens is 2. The number of fused-ring (bicyclic) bond motifs is 3. The Morgan fingerprint density at radius 2 is 1.35 bits per heavy atom. The highest BCUT2D eigenvalue weighted by Crippen LogP contribution is 2.32. The molecule has 40 heavy (non-hydrogen) atoms. The van der Waals surface area contributed by atoms with E-state index in [0.717, 1.165) is 38.9 Å². The normalized spacial score (nSPS) is 12.6. The molecule has 0 aliphatic rings. The van der Waals surface area contributed by atoms with Crippen LogP contribution >= 0.6 is 0 Å². The minimum atomic E-state index is -0.0514. The minimum Gasteiger partial charge on any atom is -0.399 e. The van der Waals surface area contributed by atoms with Crippen molar-refractivity contribution in [2.45, 2.75) is 19.3 Å². The van der Waals surface area contributed by atoms with Gasteiger partial charge in [0, 0.05) is 23.0 Å². The van der Waals surface area contributed by atoms with E-state index >= 15 is 0 Å². The van der Waals surface area contributed by atoms with E-state index in [-0.39, 0.29) is 12.3 Å². The largest absolute Gasteiger partial charge is 0.399 e. The number of hydrogen-bond donors (Lipinski definition) is 4. The smallest absolute Gasteiger partial charge is 0.0964 e. The maximum Gasteiger partial charge on any atom is 0.0964 e. The van der Waals surface area contributed by atoms with Crippen molar-refractivity contribution in [3.8, 4) is 5.69 Å². The van der Waals surface area contributed by atoms with Crippen LogP contribution in [0, 0.1) is 6.92 Å². The molecule has 6 heteroatoms. The molecule has 202 valence electrons. The van der Waals surface area contributed by atoms with Gasteiger partial charge in [-0.3, -0.25) is 10.3 Å². The zero-order chi connectivity index (χ0) is 27.9. The molecular formula is C34H36N6. The van der Waals surface area contributed by atoms with Crippen molar-refractivity contribution in [2.24, 2.45) is 0 Å². The van der Waals surface area contributed by atoms with Crippen LogP contribution in [0.2, 0.25) is 0 Å². The quantitative estimate of drug-likeness (QED) is 0.141. The predicted octanol–water partition coefficient (Wildman–Crippen LogP) is 6.48. The number of pyridine rings is 1. The van der Waals surface area contributed by atoms with Crippen molar-refractivity contribution in [3.63, 3.8) is 0 Å². The first-order chi connectivity index (χ1) is 19.6. The molecule has 0 aliphatic carbocycles. The molecule has 6 rings (SSSR count). The zero-order valence-electron chi connectivity index (χ0n) is 23.2. The van der Waals surface area contributed by atoms with Gasteiger partial charge < -0.3 is 20.9 Å². The lowest BCUT2D eigenvalue weighted by Crippen LogP contribution is -2.40. The molecule has 0 saturated heterocycles. The first-order valence-electron chi connectivity index (χ1n) is 13.5. The van der Waals surface area contributed by atoms with E-state index in [4.69, 9.17) is 5.73 Å². The van der Waals surface area contributed by atoms with Gasteiger partial charge in [0.05, 0.1) is 28.9 Å². The highest BCUT2D eigenvalue weighted by molar-refractivity contribution is 6.07. The number of aryl methyl sites for hydroxylation is 1. The van der Waals surface area contributed by atoms with Gasteiger partial charge in [0.15, 0.2) is 0 Å². The predicted molar refractivity (Wildman–Crippen MR) is 167 cm³/mol.